The van der Waals surface area contributed by atoms with Crippen LogP contribution in [0, 0.1) is 5.41 Å². The molecule has 3 aliphatic rings. The van der Waals surface area contributed by atoms with E-state index in [4.69, 9.17) is 14.2 Å². The van der Waals surface area contributed by atoms with Gasteiger partial charge in [0.05, 0.1) is 19.8 Å². The molecule has 0 aromatic heterocycles. The number of rotatable bonds is 3. The number of hydrogen-bond donors (Lipinski definition) is 0. The summed E-state index contributed by atoms with van der Waals surface area (Å²) in [6, 6.07) is 6.51. The molecule has 1 aromatic carbocycles. The molecule has 0 unspecified atom stereocenters. The SMILES string of the molecule is COC(=O)C1=C(C(=O)OC)N2C(C)=C(C)S[C@@H]2[C@@]2(C=O)C(=O)c3ccccc3O[C@H]12. The minimum absolute atomic E-state index is 0.0918. The lowest BCUT2D eigenvalue weighted by Crippen LogP contribution is -2.65. The van der Waals surface area contributed by atoms with Gasteiger partial charge in [-0.1, -0.05) is 12.1 Å². The number of hydrogen-bond acceptors (Lipinski definition) is 9. The summed E-state index contributed by atoms with van der Waals surface area (Å²) in [4.78, 5) is 54.3. The Morgan fingerprint density at radius 3 is 2.47 bits per heavy atom. The van der Waals surface area contributed by atoms with E-state index in [0.29, 0.717) is 12.0 Å². The van der Waals surface area contributed by atoms with Crippen LogP contribution in [0.25, 0.3) is 0 Å². The Kier molecular flexibility index (Phi) is 4.73. The van der Waals surface area contributed by atoms with Gasteiger partial charge in [-0.2, -0.15) is 0 Å². The van der Waals surface area contributed by atoms with Crippen LogP contribution in [0.2, 0.25) is 0 Å². The number of thioether (sulfide) groups is 1. The molecule has 30 heavy (non-hydrogen) atoms. The second kappa shape index (κ2) is 7.02. The van der Waals surface area contributed by atoms with E-state index in [1.54, 1.807) is 31.2 Å². The third-order valence-corrected chi connectivity index (χ3v) is 7.22. The van der Waals surface area contributed by atoms with Crippen molar-refractivity contribution in [1.29, 1.82) is 0 Å². The second-order valence-electron chi connectivity index (χ2n) is 7.10. The number of fused-ring (bicyclic) bond motifs is 4. The minimum atomic E-state index is -1.76. The van der Waals surface area contributed by atoms with Gasteiger partial charge < -0.3 is 23.9 Å². The Balaban J connectivity index is 2.09. The largest absolute Gasteiger partial charge is 0.483 e. The monoisotopic (exact) mass is 429 g/mol. The van der Waals surface area contributed by atoms with Gasteiger partial charge in [0.15, 0.2) is 17.3 Å². The first-order valence-electron chi connectivity index (χ1n) is 9.14. The third-order valence-electron chi connectivity index (χ3n) is 5.74. The van der Waals surface area contributed by atoms with Crippen LogP contribution >= 0.6 is 11.8 Å². The maximum Gasteiger partial charge on any atom is 0.355 e. The van der Waals surface area contributed by atoms with Crippen LogP contribution in [0.1, 0.15) is 24.2 Å². The lowest BCUT2D eigenvalue weighted by atomic mass is 9.68. The van der Waals surface area contributed by atoms with Crippen LogP contribution in [0.3, 0.4) is 0 Å². The summed E-state index contributed by atoms with van der Waals surface area (Å²) in [6.45, 7) is 3.57. The van der Waals surface area contributed by atoms with Crippen molar-refractivity contribution in [2.24, 2.45) is 5.41 Å². The van der Waals surface area contributed by atoms with E-state index in [-0.39, 0.29) is 22.6 Å². The highest BCUT2D eigenvalue weighted by Crippen LogP contribution is 2.57. The number of ketones is 1. The number of ether oxygens (including phenoxy) is 3. The summed E-state index contributed by atoms with van der Waals surface area (Å²) in [5.74, 6) is -1.91. The lowest BCUT2D eigenvalue weighted by molar-refractivity contribution is -0.144. The van der Waals surface area contributed by atoms with E-state index in [0.717, 1.165) is 12.0 Å². The highest BCUT2D eigenvalue weighted by Gasteiger charge is 2.67. The second-order valence-corrected chi connectivity index (χ2v) is 8.40. The van der Waals surface area contributed by atoms with Gasteiger partial charge in [0, 0.05) is 10.6 Å². The Morgan fingerprint density at radius 2 is 1.83 bits per heavy atom. The van der Waals surface area contributed by atoms with E-state index in [1.807, 2.05) is 6.92 Å². The number of allylic oxidation sites excluding steroid dienone is 2. The van der Waals surface area contributed by atoms with E-state index in [9.17, 15) is 19.2 Å². The van der Waals surface area contributed by atoms with Crippen molar-refractivity contribution >= 4 is 35.8 Å². The molecule has 0 fully saturated rings. The highest BCUT2D eigenvalue weighted by molar-refractivity contribution is 8.03. The number of para-hydroxylation sites is 1. The number of benzene rings is 1. The van der Waals surface area contributed by atoms with Crippen LogP contribution < -0.4 is 4.74 Å². The van der Waals surface area contributed by atoms with Crippen LogP contribution in [0.15, 0.2) is 46.1 Å². The number of aldehydes is 1. The smallest absolute Gasteiger partial charge is 0.355 e. The van der Waals surface area contributed by atoms with Gasteiger partial charge in [0.25, 0.3) is 0 Å². The average Bonchev–Trinajstić information content (AvgIpc) is 3.06. The molecule has 0 radical (unpaired) electrons. The molecule has 3 aliphatic heterocycles. The number of carbonyl (C=O) groups excluding carboxylic acids is 4. The molecule has 0 aliphatic carbocycles. The number of methoxy groups -OCH3 is 2. The molecule has 3 heterocycles. The van der Waals surface area contributed by atoms with E-state index in [2.05, 4.69) is 0 Å². The van der Waals surface area contributed by atoms with E-state index >= 15 is 0 Å². The summed E-state index contributed by atoms with van der Waals surface area (Å²) in [7, 11) is 2.35. The van der Waals surface area contributed by atoms with Crippen molar-refractivity contribution in [2.75, 3.05) is 14.2 Å². The van der Waals surface area contributed by atoms with Gasteiger partial charge in [-0.3, -0.25) is 4.79 Å². The fraction of sp³-hybridized carbons (Fsp3) is 0.333. The molecule has 156 valence electrons. The van der Waals surface area contributed by atoms with Crippen molar-refractivity contribution < 1.29 is 33.4 Å². The van der Waals surface area contributed by atoms with E-state index < -0.39 is 34.6 Å². The van der Waals surface area contributed by atoms with Crippen molar-refractivity contribution in [1.82, 2.24) is 4.90 Å². The van der Waals surface area contributed by atoms with E-state index in [1.165, 1.54) is 23.8 Å². The van der Waals surface area contributed by atoms with Crippen LogP contribution in [-0.4, -0.2) is 54.6 Å². The minimum Gasteiger partial charge on any atom is -0.483 e. The third kappa shape index (κ3) is 2.41. The summed E-state index contributed by atoms with van der Waals surface area (Å²) in [5, 5.41) is -0.816. The zero-order chi connectivity index (χ0) is 21.8. The quantitative estimate of drug-likeness (QED) is 0.406. The lowest BCUT2D eigenvalue weighted by Gasteiger charge is -2.50. The Labute approximate surface area is 176 Å². The number of carbonyl (C=O) groups is 4. The Hall–Kier alpha value is -3.07. The maximum absolute atomic E-state index is 13.7. The fourth-order valence-corrected chi connectivity index (χ4v) is 5.62. The van der Waals surface area contributed by atoms with Crippen LogP contribution in [0.5, 0.6) is 5.75 Å². The highest BCUT2D eigenvalue weighted by atomic mass is 32.2. The van der Waals surface area contributed by atoms with Crippen LogP contribution in [0.4, 0.5) is 0 Å². The molecule has 0 saturated heterocycles. The molecule has 1 aromatic rings. The number of esters is 2. The molecule has 4 rings (SSSR count). The summed E-state index contributed by atoms with van der Waals surface area (Å²) in [6.07, 6.45) is -0.810. The molecule has 0 amide bonds. The zero-order valence-corrected chi connectivity index (χ0v) is 17.6. The average molecular weight is 429 g/mol. The zero-order valence-electron chi connectivity index (χ0n) is 16.8. The Morgan fingerprint density at radius 1 is 1.17 bits per heavy atom. The topological polar surface area (TPSA) is 99.2 Å². The first-order valence-corrected chi connectivity index (χ1v) is 10.0. The maximum atomic E-state index is 13.7. The molecule has 8 nitrogen and oxygen atoms in total. The molecule has 0 spiro atoms. The van der Waals surface area contributed by atoms with Crippen molar-refractivity contribution in [2.45, 2.75) is 25.3 Å². The molecule has 0 N–H and O–H groups in total. The first-order chi connectivity index (χ1) is 14.3. The molecule has 0 saturated carbocycles. The van der Waals surface area contributed by atoms with Gasteiger partial charge in [0.2, 0.25) is 0 Å². The number of Topliss-reactive ketones (excluding diaryl/α,β-unsaturated/α-hetero) is 1. The fourth-order valence-electron chi connectivity index (χ4n) is 4.17. The normalized spacial score (nSPS) is 27.1. The van der Waals surface area contributed by atoms with Crippen molar-refractivity contribution in [3.8, 4) is 5.75 Å². The van der Waals surface area contributed by atoms with Gasteiger partial charge in [-0.05, 0) is 26.0 Å². The first kappa shape index (κ1) is 20.2. The molecule has 9 heteroatoms. The molecule has 0 bridgehead atoms. The number of nitrogens with zero attached hydrogens (tertiary/aromatic N) is 1. The predicted octanol–water partition coefficient (Wildman–Crippen LogP) is 2.06. The summed E-state index contributed by atoms with van der Waals surface area (Å²) < 4.78 is 15.9. The van der Waals surface area contributed by atoms with Gasteiger partial charge in [-0.25, -0.2) is 9.59 Å². The van der Waals surface area contributed by atoms with Gasteiger partial charge in [0.1, 0.15) is 28.7 Å². The Bertz CT molecular complexity index is 1060. The standard InChI is InChI=1S/C21H19NO7S/c1-10-11(2)30-20-21(9-23)16(24)12-7-5-6-8-13(12)29-17(21)14(18(25)27-3)15(22(10)20)19(26)28-4/h5-9,17,20H,1-4H3/t17-,20-,21+/m1/s1. The molecular formula is C21H19NO7S. The van der Waals surface area contributed by atoms with Gasteiger partial charge >= 0.3 is 11.9 Å². The molecular weight excluding hydrogens is 410 g/mol. The predicted molar refractivity (Wildman–Crippen MR) is 106 cm³/mol. The van der Waals surface area contributed by atoms with Crippen molar-refractivity contribution in [3.63, 3.8) is 0 Å². The summed E-state index contributed by atoms with van der Waals surface area (Å²) in [5.41, 5.74) is -1.19. The molecule has 3 atom stereocenters. The van der Waals surface area contributed by atoms with Crippen LogP contribution in [-0.2, 0) is 23.9 Å². The van der Waals surface area contributed by atoms with Crippen molar-refractivity contribution in [3.05, 3.63) is 51.7 Å². The van der Waals surface area contributed by atoms with Gasteiger partial charge in [-0.15, -0.1) is 11.8 Å². The summed E-state index contributed by atoms with van der Waals surface area (Å²) >= 11 is 1.28.